The molecule has 3 aromatic carbocycles. The molecule has 0 aromatic heterocycles. The Labute approximate surface area is 165 Å². The number of aliphatic hydroxyl groups is 1. The second-order valence-corrected chi connectivity index (χ2v) is 8.21. The van der Waals surface area contributed by atoms with E-state index in [1.165, 1.54) is 11.1 Å². The number of rotatable bonds is 2. The molecule has 5 rings (SSSR count). The summed E-state index contributed by atoms with van der Waals surface area (Å²) in [6.45, 7) is 7.03. The SMILES string of the molecule is Cc1ccc2c(c1)C(C)(C)C1(C=Nc3c(ccc4ccccc34)O1)N2CCO. The van der Waals surface area contributed by atoms with E-state index in [1.54, 1.807) is 0 Å². The molecular formula is C24H24N2O2. The zero-order chi connectivity index (χ0) is 19.5. The fraction of sp³-hybridized carbons (Fsp3) is 0.292. The lowest BCUT2D eigenvalue weighted by atomic mass is 9.77. The van der Waals surface area contributed by atoms with E-state index in [1.807, 2.05) is 24.4 Å². The lowest BCUT2D eigenvalue weighted by molar-refractivity contribution is 0.0742. The smallest absolute Gasteiger partial charge is 0.228 e. The lowest BCUT2D eigenvalue weighted by Gasteiger charge is -2.46. The van der Waals surface area contributed by atoms with E-state index in [4.69, 9.17) is 9.73 Å². The van der Waals surface area contributed by atoms with Crippen LogP contribution in [-0.4, -0.2) is 30.2 Å². The van der Waals surface area contributed by atoms with Gasteiger partial charge < -0.3 is 14.7 Å². The number of aliphatic hydroxyl groups excluding tert-OH is 1. The van der Waals surface area contributed by atoms with Gasteiger partial charge in [-0.25, -0.2) is 0 Å². The summed E-state index contributed by atoms with van der Waals surface area (Å²) in [5, 5.41) is 12.0. The zero-order valence-corrected chi connectivity index (χ0v) is 16.4. The van der Waals surface area contributed by atoms with Crippen LogP contribution >= 0.6 is 0 Å². The third-order valence-corrected chi connectivity index (χ3v) is 6.23. The van der Waals surface area contributed by atoms with Crippen molar-refractivity contribution in [2.45, 2.75) is 31.9 Å². The van der Waals surface area contributed by atoms with Gasteiger partial charge >= 0.3 is 0 Å². The van der Waals surface area contributed by atoms with E-state index in [2.05, 4.69) is 62.1 Å². The number of aliphatic imine (C=N–C) groups is 1. The van der Waals surface area contributed by atoms with Crippen molar-refractivity contribution in [1.82, 2.24) is 0 Å². The summed E-state index contributed by atoms with van der Waals surface area (Å²) in [6.07, 6.45) is 1.94. The molecule has 0 fully saturated rings. The molecule has 0 bridgehead atoms. The van der Waals surface area contributed by atoms with Gasteiger partial charge in [-0.05, 0) is 43.9 Å². The van der Waals surface area contributed by atoms with Gasteiger partial charge in [-0.2, -0.15) is 0 Å². The van der Waals surface area contributed by atoms with Crippen molar-refractivity contribution in [3.8, 4) is 5.75 Å². The van der Waals surface area contributed by atoms with Gasteiger partial charge in [0.25, 0.3) is 0 Å². The van der Waals surface area contributed by atoms with Gasteiger partial charge in [-0.3, -0.25) is 4.99 Å². The summed E-state index contributed by atoms with van der Waals surface area (Å²) in [5.41, 5.74) is 3.29. The predicted molar refractivity (Wildman–Crippen MR) is 114 cm³/mol. The molecule has 2 heterocycles. The fourth-order valence-electron chi connectivity index (χ4n) is 4.69. The standard InChI is InChI=1S/C24H24N2O2/c1-16-8-10-20-19(14-16)23(2,3)24(26(20)12-13-27)15-25-22-18-7-5-4-6-17(18)9-11-21(22)28-24/h4-11,14-15,27H,12-13H2,1-3H3. The number of β-amino-alcohol motifs (C(OH)–C–C–N with tert-alkyl or cyclic N) is 1. The number of nitrogens with zero attached hydrogens (tertiary/aromatic N) is 2. The lowest BCUT2D eigenvalue weighted by Crippen LogP contribution is -2.62. The Kier molecular flexibility index (Phi) is 3.59. The third-order valence-electron chi connectivity index (χ3n) is 6.23. The van der Waals surface area contributed by atoms with Crippen LogP contribution in [0.4, 0.5) is 11.4 Å². The zero-order valence-electron chi connectivity index (χ0n) is 16.4. The van der Waals surface area contributed by atoms with Crippen molar-refractivity contribution >= 4 is 28.4 Å². The Morgan fingerprint density at radius 2 is 1.89 bits per heavy atom. The van der Waals surface area contributed by atoms with Crippen LogP contribution in [0.3, 0.4) is 0 Å². The van der Waals surface area contributed by atoms with Crippen molar-refractivity contribution in [3.05, 3.63) is 65.7 Å². The molecule has 142 valence electrons. The van der Waals surface area contributed by atoms with Gasteiger partial charge in [0.1, 0.15) is 11.4 Å². The quantitative estimate of drug-likeness (QED) is 0.707. The van der Waals surface area contributed by atoms with Gasteiger partial charge in [0.05, 0.1) is 18.2 Å². The first kappa shape index (κ1) is 17.3. The Bertz CT molecular complexity index is 1120. The molecule has 4 nitrogen and oxygen atoms in total. The van der Waals surface area contributed by atoms with Crippen LogP contribution in [0.1, 0.15) is 25.0 Å². The maximum atomic E-state index is 9.79. The highest BCUT2D eigenvalue weighted by atomic mass is 16.5. The molecule has 0 amide bonds. The molecule has 2 aliphatic rings. The second kappa shape index (κ2) is 5.82. The van der Waals surface area contributed by atoms with Gasteiger partial charge in [0.2, 0.25) is 5.72 Å². The first-order valence-corrected chi connectivity index (χ1v) is 9.73. The van der Waals surface area contributed by atoms with Crippen molar-refractivity contribution in [3.63, 3.8) is 0 Å². The molecule has 2 aliphatic heterocycles. The molecule has 1 N–H and O–H groups in total. The second-order valence-electron chi connectivity index (χ2n) is 8.21. The van der Waals surface area contributed by atoms with Crippen molar-refractivity contribution in [1.29, 1.82) is 0 Å². The average molecular weight is 372 g/mol. The molecule has 4 heteroatoms. The summed E-state index contributed by atoms with van der Waals surface area (Å²) in [4.78, 5) is 7.07. The van der Waals surface area contributed by atoms with Gasteiger partial charge in [0, 0.05) is 17.6 Å². The summed E-state index contributed by atoms with van der Waals surface area (Å²) in [5.74, 6) is 0.779. The van der Waals surface area contributed by atoms with Crippen LogP contribution in [0, 0.1) is 6.92 Å². The van der Waals surface area contributed by atoms with E-state index in [0.717, 1.165) is 27.9 Å². The summed E-state index contributed by atoms with van der Waals surface area (Å²) in [6, 6.07) is 18.8. The average Bonchev–Trinajstić information content (AvgIpc) is 2.86. The normalized spacial score (nSPS) is 21.6. The van der Waals surface area contributed by atoms with Crippen molar-refractivity contribution in [2.24, 2.45) is 4.99 Å². The monoisotopic (exact) mass is 372 g/mol. The van der Waals surface area contributed by atoms with Crippen LogP contribution in [-0.2, 0) is 5.41 Å². The molecule has 3 aromatic rings. The van der Waals surface area contributed by atoms with Gasteiger partial charge in [0.15, 0.2) is 0 Å². The summed E-state index contributed by atoms with van der Waals surface area (Å²) in [7, 11) is 0. The molecule has 1 spiro atoms. The van der Waals surface area contributed by atoms with Gasteiger partial charge in [-0.15, -0.1) is 0 Å². The number of hydrogen-bond acceptors (Lipinski definition) is 4. The maximum absolute atomic E-state index is 9.79. The number of benzene rings is 3. The fourth-order valence-corrected chi connectivity index (χ4v) is 4.69. The van der Waals surface area contributed by atoms with E-state index >= 15 is 0 Å². The number of hydrogen-bond donors (Lipinski definition) is 1. The van der Waals surface area contributed by atoms with Crippen molar-refractivity contribution in [2.75, 3.05) is 18.1 Å². The number of ether oxygens (including phenoxy) is 1. The first-order valence-electron chi connectivity index (χ1n) is 9.73. The highest BCUT2D eigenvalue weighted by Gasteiger charge is 2.59. The highest BCUT2D eigenvalue weighted by molar-refractivity contribution is 5.99. The Balaban J connectivity index is 1.72. The number of fused-ring (bicyclic) bond motifs is 4. The largest absolute Gasteiger partial charge is 0.459 e. The van der Waals surface area contributed by atoms with Crippen LogP contribution in [0.15, 0.2) is 59.6 Å². The van der Waals surface area contributed by atoms with Gasteiger partial charge in [-0.1, -0.05) is 48.0 Å². The topological polar surface area (TPSA) is 45.1 Å². The predicted octanol–water partition coefficient (Wildman–Crippen LogP) is 4.73. The van der Waals surface area contributed by atoms with Crippen LogP contribution < -0.4 is 9.64 Å². The Morgan fingerprint density at radius 1 is 1.07 bits per heavy atom. The van der Waals surface area contributed by atoms with E-state index in [-0.39, 0.29) is 12.0 Å². The van der Waals surface area contributed by atoms with Crippen LogP contribution in [0.25, 0.3) is 10.8 Å². The Morgan fingerprint density at radius 3 is 2.71 bits per heavy atom. The van der Waals surface area contributed by atoms with E-state index < -0.39 is 5.72 Å². The third kappa shape index (κ3) is 2.12. The summed E-state index contributed by atoms with van der Waals surface area (Å²) < 4.78 is 6.76. The molecule has 1 unspecified atom stereocenters. The van der Waals surface area contributed by atoms with Crippen LogP contribution in [0.5, 0.6) is 5.75 Å². The Hall–Kier alpha value is -2.85. The highest BCUT2D eigenvalue weighted by Crippen LogP contribution is 2.54. The number of aryl methyl sites for hydroxylation is 1. The molecule has 0 radical (unpaired) electrons. The number of anilines is 1. The molecule has 0 aliphatic carbocycles. The van der Waals surface area contributed by atoms with E-state index in [0.29, 0.717) is 6.54 Å². The first-order chi connectivity index (χ1) is 13.5. The van der Waals surface area contributed by atoms with Crippen LogP contribution in [0.2, 0.25) is 0 Å². The summed E-state index contributed by atoms with van der Waals surface area (Å²) >= 11 is 0. The minimum Gasteiger partial charge on any atom is -0.459 e. The molecule has 0 saturated carbocycles. The molecular weight excluding hydrogens is 348 g/mol. The minimum atomic E-state index is -0.776. The minimum absolute atomic E-state index is 0.0485. The molecule has 1 atom stereocenters. The van der Waals surface area contributed by atoms with E-state index in [9.17, 15) is 5.11 Å². The van der Waals surface area contributed by atoms with Crippen molar-refractivity contribution < 1.29 is 9.84 Å². The molecule has 0 saturated heterocycles. The maximum Gasteiger partial charge on any atom is 0.228 e. The molecule has 28 heavy (non-hydrogen) atoms.